The summed E-state index contributed by atoms with van der Waals surface area (Å²) in [7, 11) is 0. The topological polar surface area (TPSA) is 183 Å². The van der Waals surface area contributed by atoms with Gasteiger partial charge in [-0.2, -0.15) is 0 Å². The van der Waals surface area contributed by atoms with Gasteiger partial charge in [-0.3, -0.25) is 9.59 Å². The molecule has 17 atom stereocenters. The van der Waals surface area contributed by atoms with Crippen LogP contribution in [0, 0.1) is 47.3 Å². The quantitative estimate of drug-likeness (QED) is 0.132. The van der Waals surface area contributed by atoms with Gasteiger partial charge in [0.05, 0.1) is 36.1 Å². The van der Waals surface area contributed by atoms with Crippen LogP contribution in [0.5, 0.6) is 0 Å². The first kappa shape index (κ1) is 42.2. The molecule has 3 aliphatic rings. The zero-order valence-corrected chi connectivity index (χ0v) is 31.9. The minimum Gasteiger partial charge on any atom is -0.481 e. The Bertz CT molecular complexity index is 1130. The van der Waals surface area contributed by atoms with Crippen molar-refractivity contribution in [3.05, 3.63) is 0 Å². The van der Waals surface area contributed by atoms with E-state index >= 15 is 0 Å². The Labute approximate surface area is 294 Å². The zero-order chi connectivity index (χ0) is 37.4. The number of aliphatic hydroxyl groups is 5. The number of carboxylic acids is 1. The summed E-state index contributed by atoms with van der Waals surface area (Å²) >= 11 is 0. The molecule has 0 saturated carbocycles. The van der Waals surface area contributed by atoms with E-state index in [-0.39, 0.29) is 24.0 Å². The van der Waals surface area contributed by atoms with E-state index in [0.717, 1.165) is 6.42 Å². The molecular weight excluding hydrogens is 632 g/mol. The van der Waals surface area contributed by atoms with Crippen molar-refractivity contribution >= 4 is 11.8 Å². The lowest BCUT2D eigenvalue weighted by molar-refractivity contribution is -0.348. The van der Waals surface area contributed by atoms with E-state index in [2.05, 4.69) is 0 Å². The molecule has 0 aromatic rings. The Hall–Kier alpha value is -1.18. The van der Waals surface area contributed by atoms with Crippen LogP contribution in [0.15, 0.2) is 0 Å². The summed E-state index contributed by atoms with van der Waals surface area (Å²) in [6.07, 6.45) is -0.779. The Morgan fingerprint density at radius 2 is 1.53 bits per heavy atom. The van der Waals surface area contributed by atoms with Crippen LogP contribution < -0.4 is 0 Å². The first-order valence-electron chi connectivity index (χ1n) is 19.0. The Morgan fingerprint density at radius 3 is 2.02 bits per heavy atom. The number of hydrogen-bond acceptors (Lipinski definition) is 10. The Kier molecular flexibility index (Phi) is 13.6. The molecule has 0 spiro atoms. The number of rotatable bonds is 16. The van der Waals surface area contributed by atoms with Gasteiger partial charge in [-0.1, -0.05) is 75.7 Å². The number of ketones is 1. The fourth-order valence-corrected chi connectivity index (χ4v) is 9.82. The molecule has 0 amide bonds. The van der Waals surface area contributed by atoms with Crippen molar-refractivity contribution in [2.24, 2.45) is 47.3 Å². The van der Waals surface area contributed by atoms with E-state index in [9.17, 15) is 40.2 Å². The van der Waals surface area contributed by atoms with Crippen LogP contribution >= 0.6 is 0 Å². The minimum atomic E-state index is -2.16. The predicted molar refractivity (Wildman–Crippen MR) is 184 cm³/mol. The molecule has 3 saturated heterocycles. The van der Waals surface area contributed by atoms with E-state index < -0.39 is 94.8 Å². The molecule has 3 fully saturated rings. The Morgan fingerprint density at radius 1 is 0.918 bits per heavy atom. The number of carbonyl (C=O) groups is 2. The summed E-state index contributed by atoms with van der Waals surface area (Å²) in [5, 5.41) is 67.8. The maximum atomic E-state index is 14.3. The third-order valence-corrected chi connectivity index (χ3v) is 13.1. The molecule has 3 aliphatic heterocycles. The van der Waals surface area contributed by atoms with Crippen molar-refractivity contribution in [3.63, 3.8) is 0 Å². The normalized spacial score (nSPS) is 43.5. The second-order valence-corrected chi connectivity index (χ2v) is 16.2. The lowest BCUT2D eigenvalue weighted by Gasteiger charge is -2.52. The van der Waals surface area contributed by atoms with Crippen LogP contribution in [0.2, 0.25) is 0 Å². The van der Waals surface area contributed by atoms with Crippen LogP contribution in [-0.4, -0.2) is 95.7 Å². The number of aliphatic carboxylic acids is 1. The highest BCUT2D eigenvalue weighted by atomic mass is 16.7. The highest BCUT2D eigenvalue weighted by molar-refractivity contribution is 5.84. The number of carbonyl (C=O) groups excluding carboxylic acids is 1. The van der Waals surface area contributed by atoms with Gasteiger partial charge in [-0.15, -0.1) is 0 Å². The SMILES string of the molecule is CCC[C@H](O)[C@]1(CC)C[C@@H](C)[C@](O)([C@]2(C)C[C@@H](C)C([C@@H](CC)C(=O)[C@@H](C)[C@H](O)[C@@H](C)C3O[C@@](O)([C@H](CC)C(=O)O)[C@@H](C)[C@H](O)[C@H]3CC)O2)O1. The van der Waals surface area contributed by atoms with Crippen molar-refractivity contribution in [2.45, 2.75) is 181 Å². The zero-order valence-electron chi connectivity index (χ0n) is 31.9. The lowest BCUT2D eigenvalue weighted by Crippen LogP contribution is -2.64. The number of ether oxygens (including phenoxy) is 3. The average molecular weight is 701 g/mol. The van der Waals surface area contributed by atoms with Gasteiger partial charge >= 0.3 is 5.97 Å². The van der Waals surface area contributed by atoms with Crippen molar-refractivity contribution in [1.29, 1.82) is 0 Å². The Balaban J connectivity index is 1.85. The smallest absolute Gasteiger partial charge is 0.311 e. The monoisotopic (exact) mass is 700 g/mol. The van der Waals surface area contributed by atoms with Crippen molar-refractivity contribution in [3.8, 4) is 0 Å². The third-order valence-electron chi connectivity index (χ3n) is 13.1. The minimum absolute atomic E-state index is 0.0760. The van der Waals surface area contributed by atoms with Crippen LogP contribution in [0.25, 0.3) is 0 Å². The molecule has 0 aromatic heterocycles. The summed E-state index contributed by atoms with van der Waals surface area (Å²) < 4.78 is 19.4. The van der Waals surface area contributed by atoms with Gasteiger partial charge in [0.25, 0.3) is 0 Å². The molecule has 0 aromatic carbocycles. The first-order valence-corrected chi connectivity index (χ1v) is 19.0. The highest BCUT2D eigenvalue weighted by Gasteiger charge is 2.67. The van der Waals surface area contributed by atoms with Gasteiger partial charge in [0.2, 0.25) is 0 Å². The summed E-state index contributed by atoms with van der Waals surface area (Å²) in [5.41, 5.74) is -2.05. The fourth-order valence-electron chi connectivity index (χ4n) is 9.82. The van der Waals surface area contributed by atoms with Crippen LogP contribution in [0.3, 0.4) is 0 Å². The molecule has 49 heavy (non-hydrogen) atoms. The van der Waals surface area contributed by atoms with E-state index in [1.165, 1.54) is 0 Å². The first-order chi connectivity index (χ1) is 22.7. The van der Waals surface area contributed by atoms with Gasteiger partial charge in [-0.05, 0) is 57.8 Å². The van der Waals surface area contributed by atoms with Gasteiger partial charge in [0.1, 0.15) is 17.3 Å². The van der Waals surface area contributed by atoms with E-state index in [0.29, 0.717) is 38.5 Å². The van der Waals surface area contributed by atoms with Gasteiger partial charge < -0.3 is 44.8 Å². The van der Waals surface area contributed by atoms with Crippen molar-refractivity contribution < 1.29 is 54.4 Å². The number of Topliss-reactive ketones (excluding diaryl/α,β-unsaturated/α-hetero) is 1. The summed E-state index contributed by atoms with van der Waals surface area (Å²) in [4.78, 5) is 26.4. The highest BCUT2D eigenvalue weighted by Crippen LogP contribution is 2.56. The standard InChI is InChI=1S/C38H68O11/c1-12-17-28(39)36(16-5)19-21(7)38(46,49-36)35(11)18-20(6)32(47-35)25(13-2)30(41)22(8)29(40)23(9)33-26(14-3)31(42)24(10)37(45,48-33)27(15-4)34(43)44/h20-29,31-33,39-40,42,45-46H,12-19H2,1-11H3,(H,43,44)/t20-,21-,22+,23-,24+,25+,26-,27-,28+,29+,31+,32?,33?,35+,36+,37-,38-/m1/s1. The number of aliphatic hydroxyl groups excluding tert-OH is 3. The van der Waals surface area contributed by atoms with Crippen LogP contribution in [0.4, 0.5) is 0 Å². The molecule has 0 radical (unpaired) electrons. The number of carboxylic acid groups (broad SMARTS) is 1. The second kappa shape index (κ2) is 15.8. The predicted octanol–water partition coefficient (Wildman–Crippen LogP) is 4.67. The molecule has 6 N–H and O–H groups in total. The van der Waals surface area contributed by atoms with Crippen LogP contribution in [-0.2, 0) is 23.8 Å². The second-order valence-electron chi connectivity index (χ2n) is 16.2. The molecule has 2 unspecified atom stereocenters. The molecule has 11 nitrogen and oxygen atoms in total. The maximum Gasteiger partial charge on any atom is 0.311 e. The van der Waals surface area contributed by atoms with Gasteiger partial charge in [0.15, 0.2) is 11.6 Å². The molecule has 0 aliphatic carbocycles. The van der Waals surface area contributed by atoms with E-state index in [4.69, 9.17) is 14.2 Å². The van der Waals surface area contributed by atoms with Gasteiger partial charge in [0, 0.05) is 35.5 Å². The van der Waals surface area contributed by atoms with Crippen molar-refractivity contribution in [2.75, 3.05) is 0 Å². The summed E-state index contributed by atoms with van der Waals surface area (Å²) in [6.45, 7) is 20.0. The molecular formula is C38H68O11. The van der Waals surface area contributed by atoms with Gasteiger partial charge in [-0.25, -0.2) is 0 Å². The summed E-state index contributed by atoms with van der Waals surface area (Å²) in [5.74, 6) is -10.7. The number of hydrogen-bond donors (Lipinski definition) is 6. The van der Waals surface area contributed by atoms with Crippen LogP contribution in [0.1, 0.15) is 128 Å². The third kappa shape index (κ3) is 7.26. The van der Waals surface area contributed by atoms with E-state index in [1.54, 1.807) is 27.7 Å². The summed E-state index contributed by atoms with van der Waals surface area (Å²) in [6, 6.07) is 0. The molecule has 3 heterocycles. The van der Waals surface area contributed by atoms with Crippen molar-refractivity contribution in [1.82, 2.24) is 0 Å². The molecule has 286 valence electrons. The lowest BCUT2D eigenvalue weighted by atomic mass is 9.69. The molecule has 3 rings (SSSR count). The maximum absolute atomic E-state index is 14.3. The molecule has 11 heteroatoms. The van der Waals surface area contributed by atoms with E-state index in [1.807, 2.05) is 48.5 Å². The largest absolute Gasteiger partial charge is 0.481 e. The average Bonchev–Trinajstić information content (AvgIpc) is 3.52. The fraction of sp³-hybridized carbons (Fsp3) is 0.947. The molecule has 0 bridgehead atoms.